The van der Waals surface area contributed by atoms with Gasteiger partial charge in [0.2, 0.25) is 0 Å². The Kier molecular flexibility index (Phi) is 8.96. The number of ether oxygens (including phenoxy) is 2. The summed E-state index contributed by atoms with van der Waals surface area (Å²) in [6, 6.07) is 17.0. The molecule has 1 aliphatic rings. The Morgan fingerprint density at radius 1 is 1.00 bits per heavy atom. The normalized spacial score (nSPS) is 13.7. The Labute approximate surface area is 207 Å². The smallest absolute Gasteiger partial charge is 0.410 e. The molecule has 3 rings (SSSR count). The third-order valence-electron chi connectivity index (χ3n) is 5.52. The summed E-state index contributed by atoms with van der Waals surface area (Å²) < 4.78 is 11.1. The second-order valence-corrected chi connectivity index (χ2v) is 9.53. The number of nitrogens with zero attached hydrogens (tertiary/aromatic N) is 3. The van der Waals surface area contributed by atoms with Gasteiger partial charge in [0, 0.05) is 31.9 Å². The van der Waals surface area contributed by atoms with E-state index in [1.807, 2.05) is 57.2 Å². The van der Waals surface area contributed by atoms with Gasteiger partial charge >= 0.3 is 12.1 Å². The first-order valence-electron chi connectivity index (χ1n) is 12.0. The molecule has 8 heteroatoms. The van der Waals surface area contributed by atoms with Gasteiger partial charge in [0.25, 0.3) is 0 Å². The van der Waals surface area contributed by atoms with Crippen molar-refractivity contribution in [2.24, 2.45) is 0 Å². The Morgan fingerprint density at radius 2 is 1.69 bits per heavy atom. The summed E-state index contributed by atoms with van der Waals surface area (Å²) in [5.74, 6) is 0.718. The van der Waals surface area contributed by atoms with Gasteiger partial charge in [-0.2, -0.15) is 5.26 Å². The maximum atomic E-state index is 12.6. The number of urea groups is 1. The molecule has 0 spiro atoms. The van der Waals surface area contributed by atoms with Gasteiger partial charge < -0.3 is 24.6 Å². The first kappa shape index (κ1) is 25.9. The third kappa shape index (κ3) is 8.53. The summed E-state index contributed by atoms with van der Waals surface area (Å²) in [6.07, 6.45) is 2.46. The quantitative estimate of drug-likeness (QED) is 0.562. The molecule has 0 aromatic heterocycles. The van der Waals surface area contributed by atoms with Gasteiger partial charge in [-0.15, -0.1) is 0 Å². The number of amides is 3. The number of hydrogen-bond donors (Lipinski definition) is 1. The number of carbonyl (C=O) groups is 2. The summed E-state index contributed by atoms with van der Waals surface area (Å²) >= 11 is 0. The molecular formula is C27H34N4O4. The van der Waals surface area contributed by atoms with Crippen LogP contribution in [-0.4, -0.2) is 60.3 Å². The molecule has 2 aromatic carbocycles. The maximum absolute atomic E-state index is 12.6. The Bertz CT molecular complexity index is 1030. The van der Waals surface area contributed by atoms with Crippen molar-refractivity contribution in [1.29, 1.82) is 5.26 Å². The lowest BCUT2D eigenvalue weighted by atomic mass is 10.1. The van der Waals surface area contributed by atoms with Crippen LogP contribution in [0.4, 0.5) is 15.3 Å². The van der Waals surface area contributed by atoms with Crippen molar-refractivity contribution in [3.8, 4) is 11.8 Å². The fourth-order valence-corrected chi connectivity index (χ4v) is 3.65. The van der Waals surface area contributed by atoms with Gasteiger partial charge in [-0.25, -0.2) is 9.59 Å². The number of anilines is 1. The van der Waals surface area contributed by atoms with Crippen molar-refractivity contribution >= 4 is 17.8 Å². The van der Waals surface area contributed by atoms with Gasteiger partial charge in [-0.1, -0.05) is 18.2 Å². The van der Waals surface area contributed by atoms with E-state index in [1.54, 1.807) is 21.9 Å². The minimum atomic E-state index is -0.531. The molecule has 0 bridgehead atoms. The van der Waals surface area contributed by atoms with Crippen LogP contribution in [-0.2, 0) is 11.2 Å². The predicted octanol–water partition coefficient (Wildman–Crippen LogP) is 5.04. The minimum Gasteiger partial charge on any atom is -0.494 e. The zero-order chi connectivity index (χ0) is 25.3. The monoisotopic (exact) mass is 478 g/mol. The van der Waals surface area contributed by atoms with Crippen LogP contribution in [0.15, 0.2) is 48.5 Å². The molecule has 0 aliphatic carbocycles. The van der Waals surface area contributed by atoms with E-state index < -0.39 is 5.60 Å². The number of piperazine rings is 1. The average molecular weight is 479 g/mol. The zero-order valence-corrected chi connectivity index (χ0v) is 20.8. The molecule has 3 amide bonds. The van der Waals surface area contributed by atoms with E-state index in [2.05, 4.69) is 11.4 Å². The lowest BCUT2D eigenvalue weighted by molar-refractivity contribution is 0.0174. The molecule has 1 fully saturated rings. The number of benzene rings is 2. The van der Waals surface area contributed by atoms with Gasteiger partial charge in [0.1, 0.15) is 11.4 Å². The number of carbonyl (C=O) groups excluding carboxylic acids is 2. The van der Waals surface area contributed by atoms with Crippen LogP contribution in [0.2, 0.25) is 0 Å². The molecular weight excluding hydrogens is 444 g/mol. The molecule has 0 unspecified atom stereocenters. The van der Waals surface area contributed by atoms with Gasteiger partial charge in [-0.3, -0.25) is 0 Å². The zero-order valence-electron chi connectivity index (χ0n) is 20.8. The van der Waals surface area contributed by atoms with Gasteiger partial charge in [0.15, 0.2) is 0 Å². The number of hydrogen-bond acceptors (Lipinski definition) is 5. The largest absolute Gasteiger partial charge is 0.494 e. The highest BCUT2D eigenvalue weighted by molar-refractivity contribution is 5.89. The van der Waals surface area contributed by atoms with Gasteiger partial charge in [-0.05, 0) is 75.9 Å². The minimum absolute atomic E-state index is 0.167. The highest BCUT2D eigenvalue weighted by atomic mass is 16.6. The fraction of sp³-hybridized carbons (Fsp3) is 0.444. The average Bonchev–Trinajstić information content (AvgIpc) is 2.84. The van der Waals surface area contributed by atoms with E-state index in [9.17, 15) is 9.59 Å². The van der Waals surface area contributed by atoms with E-state index in [0.29, 0.717) is 38.3 Å². The number of unbranched alkanes of at least 4 members (excludes halogenated alkanes) is 1. The van der Waals surface area contributed by atoms with Crippen LogP contribution >= 0.6 is 0 Å². The van der Waals surface area contributed by atoms with Crippen LogP contribution in [0.5, 0.6) is 5.75 Å². The number of aryl methyl sites for hydroxylation is 1. The van der Waals surface area contributed by atoms with Crippen molar-refractivity contribution in [2.75, 3.05) is 38.1 Å². The van der Waals surface area contributed by atoms with E-state index in [-0.39, 0.29) is 12.1 Å². The molecule has 8 nitrogen and oxygen atoms in total. The Morgan fingerprint density at radius 3 is 2.34 bits per heavy atom. The van der Waals surface area contributed by atoms with E-state index in [4.69, 9.17) is 14.7 Å². The lowest BCUT2D eigenvalue weighted by Gasteiger charge is -2.35. The second-order valence-electron chi connectivity index (χ2n) is 9.53. The molecule has 1 aliphatic heterocycles. The summed E-state index contributed by atoms with van der Waals surface area (Å²) in [5, 5.41) is 11.9. The summed E-state index contributed by atoms with van der Waals surface area (Å²) in [5.41, 5.74) is 2.00. The maximum Gasteiger partial charge on any atom is 0.410 e. The number of nitriles is 1. The predicted molar refractivity (Wildman–Crippen MR) is 134 cm³/mol. The van der Waals surface area contributed by atoms with Crippen LogP contribution in [0, 0.1) is 11.3 Å². The molecule has 0 saturated carbocycles. The van der Waals surface area contributed by atoms with Crippen molar-refractivity contribution in [3.05, 3.63) is 59.7 Å². The molecule has 1 heterocycles. The Hall–Kier alpha value is -3.73. The highest BCUT2D eigenvalue weighted by Gasteiger charge is 2.27. The van der Waals surface area contributed by atoms with Crippen LogP contribution in [0.3, 0.4) is 0 Å². The summed E-state index contributed by atoms with van der Waals surface area (Å²) in [4.78, 5) is 28.1. The molecule has 0 radical (unpaired) electrons. The fourth-order valence-electron chi connectivity index (χ4n) is 3.65. The van der Waals surface area contributed by atoms with E-state index in [0.717, 1.165) is 30.7 Å². The Balaban J connectivity index is 1.35. The van der Waals surface area contributed by atoms with Crippen LogP contribution in [0.1, 0.15) is 44.7 Å². The van der Waals surface area contributed by atoms with Crippen molar-refractivity contribution in [1.82, 2.24) is 9.80 Å². The molecule has 35 heavy (non-hydrogen) atoms. The molecule has 2 aromatic rings. The first-order valence-corrected chi connectivity index (χ1v) is 12.0. The third-order valence-corrected chi connectivity index (χ3v) is 5.52. The van der Waals surface area contributed by atoms with Crippen molar-refractivity contribution < 1.29 is 19.1 Å². The summed E-state index contributed by atoms with van der Waals surface area (Å²) in [6.45, 7) is 7.96. The molecule has 1 saturated heterocycles. The number of nitrogens with one attached hydrogen (secondary N) is 1. The van der Waals surface area contributed by atoms with Crippen LogP contribution in [0.25, 0.3) is 0 Å². The summed E-state index contributed by atoms with van der Waals surface area (Å²) in [7, 11) is 0. The second kappa shape index (κ2) is 12.1. The van der Waals surface area contributed by atoms with Crippen LogP contribution < -0.4 is 10.1 Å². The first-order chi connectivity index (χ1) is 16.7. The van der Waals surface area contributed by atoms with E-state index in [1.165, 1.54) is 5.56 Å². The number of rotatable bonds is 7. The topological polar surface area (TPSA) is 94.9 Å². The lowest BCUT2D eigenvalue weighted by Crippen LogP contribution is -2.52. The highest BCUT2D eigenvalue weighted by Crippen LogP contribution is 2.16. The standard InChI is InChI=1S/C27H34N4O4/c1-27(2,3)35-26(33)31-16-14-30(15-17-31)25(32)29-23-12-10-21(11-13-23)7-4-5-18-34-24-9-6-8-22(19-24)20-28/h6,8-13,19H,4-5,7,14-18H2,1-3H3,(H,29,32). The molecule has 1 N–H and O–H groups in total. The van der Waals surface area contributed by atoms with E-state index >= 15 is 0 Å². The van der Waals surface area contributed by atoms with Gasteiger partial charge in [0.05, 0.1) is 18.2 Å². The molecule has 0 atom stereocenters. The molecule has 186 valence electrons. The SMILES string of the molecule is CC(C)(C)OC(=O)N1CCN(C(=O)Nc2ccc(CCCCOc3cccc(C#N)c3)cc2)CC1. The van der Waals surface area contributed by atoms with Crippen molar-refractivity contribution in [2.45, 2.75) is 45.6 Å². The van der Waals surface area contributed by atoms with Crippen molar-refractivity contribution in [3.63, 3.8) is 0 Å².